The minimum Gasteiger partial charge on any atom is -0.495 e. The maximum absolute atomic E-state index is 15.3. The molecule has 0 fully saturated rings. The van der Waals surface area contributed by atoms with E-state index in [9.17, 15) is 9.65 Å². The van der Waals surface area contributed by atoms with Gasteiger partial charge in [0.05, 0.1) is 18.2 Å². The van der Waals surface area contributed by atoms with Gasteiger partial charge in [-0.05, 0) is 35.9 Å². The molecule has 2 aromatic carbocycles. The fourth-order valence-electron chi connectivity index (χ4n) is 2.67. The number of rotatable bonds is 3. The third-order valence-electron chi connectivity index (χ3n) is 3.77. The molecule has 0 spiro atoms. The van der Waals surface area contributed by atoms with E-state index in [-0.39, 0.29) is 28.0 Å². The Hall–Kier alpha value is -3.46. The second-order valence-corrected chi connectivity index (χ2v) is 5.27. The monoisotopic (exact) mass is 337 g/mol. The number of hydrogen-bond acceptors (Lipinski definition) is 4. The van der Waals surface area contributed by atoms with Crippen LogP contribution >= 0.6 is 0 Å². The summed E-state index contributed by atoms with van der Waals surface area (Å²) in [6, 6.07) is 12.8. The van der Waals surface area contributed by atoms with Crippen LogP contribution in [0.3, 0.4) is 0 Å². The molecular formula is C19H13F2N3O. The molecule has 1 heterocycles. The number of nitrogens with two attached hydrogens (primary N) is 1. The van der Waals surface area contributed by atoms with E-state index >= 15 is 4.39 Å². The third kappa shape index (κ3) is 2.88. The van der Waals surface area contributed by atoms with Gasteiger partial charge in [-0.15, -0.1) is 0 Å². The van der Waals surface area contributed by atoms with Crippen LogP contribution in [0.4, 0.5) is 14.5 Å². The van der Waals surface area contributed by atoms with Crippen molar-refractivity contribution in [3.63, 3.8) is 0 Å². The lowest BCUT2D eigenvalue weighted by molar-refractivity contribution is 0.411. The fraction of sp³-hybridized carbons (Fsp3) is 0.0526. The third-order valence-corrected chi connectivity index (χ3v) is 3.77. The molecule has 1 aromatic heterocycles. The average molecular weight is 337 g/mol. The largest absolute Gasteiger partial charge is 0.495 e. The molecule has 25 heavy (non-hydrogen) atoms. The lowest BCUT2D eigenvalue weighted by Crippen LogP contribution is -2.01. The topological polar surface area (TPSA) is 71.9 Å². The first-order chi connectivity index (χ1) is 12.1. The van der Waals surface area contributed by atoms with Crippen molar-refractivity contribution in [3.05, 3.63) is 66.0 Å². The summed E-state index contributed by atoms with van der Waals surface area (Å²) in [4.78, 5) is 3.55. The number of nitrogens with zero attached hydrogens (tertiary/aromatic N) is 2. The lowest BCUT2D eigenvalue weighted by Gasteiger charge is -2.15. The molecule has 0 amide bonds. The molecule has 0 atom stereocenters. The summed E-state index contributed by atoms with van der Waals surface area (Å²) in [5.41, 5.74) is 6.66. The number of methoxy groups -OCH3 is 1. The number of hydrogen-bond donors (Lipinski definition) is 1. The smallest absolute Gasteiger partial charge is 0.220 e. The molecule has 3 aromatic rings. The molecule has 0 aliphatic rings. The first kappa shape index (κ1) is 16.4. The summed E-state index contributed by atoms with van der Waals surface area (Å²) in [5.74, 6) is -1.61. The Morgan fingerprint density at radius 2 is 1.92 bits per heavy atom. The fourth-order valence-corrected chi connectivity index (χ4v) is 2.67. The van der Waals surface area contributed by atoms with Gasteiger partial charge in [-0.1, -0.05) is 12.1 Å². The molecular weight excluding hydrogens is 324 g/mol. The second kappa shape index (κ2) is 6.57. The summed E-state index contributed by atoms with van der Waals surface area (Å²) in [6.07, 6.45) is 1.26. The van der Waals surface area contributed by atoms with Crippen molar-refractivity contribution in [2.45, 2.75) is 0 Å². The Morgan fingerprint density at radius 1 is 1.12 bits per heavy atom. The number of nitriles is 1. The van der Waals surface area contributed by atoms with Crippen molar-refractivity contribution in [2.24, 2.45) is 0 Å². The highest BCUT2D eigenvalue weighted by molar-refractivity contribution is 5.82. The Labute approximate surface area is 143 Å². The zero-order valence-corrected chi connectivity index (χ0v) is 13.3. The number of nitrogen functional groups attached to an aromatic ring is 1. The van der Waals surface area contributed by atoms with Crippen LogP contribution in [0, 0.1) is 23.1 Å². The van der Waals surface area contributed by atoms with Crippen molar-refractivity contribution in [1.82, 2.24) is 4.98 Å². The molecule has 0 aliphatic heterocycles. The summed E-state index contributed by atoms with van der Waals surface area (Å²) in [7, 11) is 1.30. The molecule has 0 bridgehead atoms. The quantitative estimate of drug-likeness (QED) is 0.575. The molecule has 0 aliphatic carbocycles. The molecule has 0 unspecified atom stereocenters. The second-order valence-electron chi connectivity index (χ2n) is 5.27. The van der Waals surface area contributed by atoms with E-state index in [0.717, 1.165) is 0 Å². The average Bonchev–Trinajstić information content (AvgIpc) is 2.62. The van der Waals surface area contributed by atoms with Crippen molar-refractivity contribution >= 4 is 5.69 Å². The van der Waals surface area contributed by atoms with E-state index in [1.807, 2.05) is 6.07 Å². The van der Waals surface area contributed by atoms with Crippen LogP contribution in [0.25, 0.3) is 22.3 Å². The Kier molecular flexibility index (Phi) is 4.31. The molecule has 0 saturated carbocycles. The predicted octanol–water partition coefficient (Wildman–Crippen LogP) is 4.16. The van der Waals surface area contributed by atoms with Crippen molar-refractivity contribution < 1.29 is 13.5 Å². The van der Waals surface area contributed by atoms with Crippen LogP contribution in [0.15, 0.2) is 48.7 Å². The van der Waals surface area contributed by atoms with E-state index in [4.69, 9.17) is 10.5 Å². The SMILES string of the molecule is COc1c(C#N)cc(-c2cccc(N)c2)c(F)c1-c1cccnc1F. The normalized spacial score (nSPS) is 10.3. The van der Waals surface area contributed by atoms with E-state index in [0.29, 0.717) is 11.3 Å². The van der Waals surface area contributed by atoms with Gasteiger partial charge >= 0.3 is 0 Å². The van der Waals surface area contributed by atoms with Crippen LogP contribution < -0.4 is 10.5 Å². The minimum atomic E-state index is -0.853. The molecule has 124 valence electrons. The van der Waals surface area contributed by atoms with Crippen LogP contribution in [-0.2, 0) is 0 Å². The minimum absolute atomic E-state index is 0.0421. The molecule has 6 heteroatoms. The van der Waals surface area contributed by atoms with Gasteiger partial charge in [0.15, 0.2) is 0 Å². The van der Waals surface area contributed by atoms with Crippen molar-refractivity contribution in [2.75, 3.05) is 12.8 Å². The van der Waals surface area contributed by atoms with Gasteiger partial charge in [0, 0.05) is 23.0 Å². The van der Waals surface area contributed by atoms with E-state index in [1.54, 1.807) is 24.3 Å². The van der Waals surface area contributed by atoms with Gasteiger partial charge in [-0.3, -0.25) is 0 Å². The summed E-state index contributed by atoms with van der Waals surface area (Å²) in [6.45, 7) is 0. The number of pyridine rings is 1. The predicted molar refractivity (Wildman–Crippen MR) is 90.7 cm³/mol. The zero-order chi connectivity index (χ0) is 18.0. The van der Waals surface area contributed by atoms with Crippen molar-refractivity contribution in [3.8, 4) is 34.1 Å². The summed E-state index contributed by atoms with van der Waals surface area (Å²) < 4.78 is 34.7. The van der Waals surface area contributed by atoms with Crippen LogP contribution in [-0.4, -0.2) is 12.1 Å². The van der Waals surface area contributed by atoms with E-state index in [2.05, 4.69) is 4.98 Å². The maximum Gasteiger partial charge on any atom is 0.220 e. The number of benzene rings is 2. The van der Waals surface area contributed by atoms with Gasteiger partial charge < -0.3 is 10.5 Å². The number of ether oxygens (including phenoxy) is 1. The first-order valence-electron chi connectivity index (χ1n) is 7.34. The summed E-state index contributed by atoms with van der Waals surface area (Å²) in [5, 5.41) is 9.42. The highest BCUT2D eigenvalue weighted by Crippen LogP contribution is 2.41. The van der Waals surface area contributed by atoms with Crippen LogP contribution in [0.2, 0.25) is 0 Å². The highest BCUT2D eigenvalue weighted by Gasteiger charge is 2.24. The van der Waals surface area contributed by atoms with Gasteiger partial charge in [0.25, 0.3) is 0 Å². The number of halogens is 2. The Balaban J connectivity index is 2.39. The van der Waals surface area contributed by atoms with Gasteiger partial charge in [0.2, 0.25) is 5.95 Å². The van der Waals surface area contributed by atoms with Crippen LogP contribution in [0.1, 0.15) is 5.56 Å². The van der Waals surface area contributed by atoms with Gasteiger partial charge in [0.1, 0.15) is 17.6 Å². The van der Waals surface area contributed by atoms with Gasteiger partial charge in [-0.2, -0.15) is 9.65 Å². The molecule has 0 saturated heterocycles. The molecule has 0 radical (unpaired) electrons. The standard InChI is InChI=1S/C19H13F2N3O/c1-25-18-12(10-22)9-15(11-4-2-5-13(23)8-11)17(20)16(18)14-6-3-7-24-19(14)21/h2-9H,23H2,1H3. The van der Waals surface area contributed by atoms with E-state index < -0.39 is 11.8 Å². The lowest BCUT2D eigenvalue weighted by atomic mass is 9.94. The van der Waals surface area contributed by atoms with Crippen LogP contribution in [0.5, 0.6) is 5.75 Å². The Morgan fingerprint density at radius 3 is 2.56 bits per heavy atom. The first-order valence-corrected chi connectivity index (χ1v) is 7.34. The van der Waals surface area contributed by atoms with Gasteiger partial charge in [-0.25, -0.2) is 9.37 Å². The Bertz CT molecular complexity index is 996. The molecule has 4 nitrogen and oxygen atoms in total. The zero-order valence-electron chi connectivity index (χ0n) is 13.3. The van der Waals surface area contributed by atoms with E-state index in [1.165, 1.54) is 31.5 Å². The number of anilines is 1. The van der Waals surface area contributed by atoms with Crippen molar-refractivity contribution in [1.29, 1.82) is 5.26 Å². The molecule has 3 rings (SSSR count). The maximum atomic E-state index is 15.3. The summed E-state index contributed by atoms with van der Waals surface area (Å²) >= 11 is 0. The highest BCUT2D eigenvalue weighted by atomic mass is 19.1. The number of aromatic nitrogens is 1. The molecule has 2 N–H and O–H groups in total.